The first-order valence-electron chi connectivity index (χ1n) is 16.5. The summed E-state index contributed by atoms with van der Waals surface area (Å²) < 4.78 is 72.0. The van der Waals surface area contributed by atoms with Gasteiger partial charge in [0.2, 0.25) is 0 Å². The lowest BCUT2D eigenvalue weighted by Crippen LogP contribution is -2.15. The average molecular weight is 805 g/mol. The van der Waals surface area contributed by atoms with Crippen LogP contribution in [0.5, 0.6) is 5.75 Å². The van der Waals surface area contributed by atoms with Crippen molar-refractivity contribution < 1.29 is 66.4 Å². The van der Waals surface area contributed by atoms with E-state index < -0.39 is 0 Å². The van der Waals surface area contributed by atoms with Gasteiger partial charge in [0.05, 0.1) is 159 Å². The maximum atomic E-state index is 10.6. The van der Waals surface area contributed by atoms with Gasteiger partial charge in [-0.25, -0.2) is 0 Å². The molecule has 0 amide bonds. The molecule has 0 unspecified atom stereocenters. The molecule has 1 rings (SSSR count). The quantitative estimate of drug-likeness (QED) is 0.0416. The molecule has 0 aliphatic heterocycles. The molecule has 0 aliphatic carbocycles. The van der Waals surface area contributed by atoms with Crippen molar-refractivity contribution in [2.45, 2.75) is 0 Å². The molecule has 15 heteroatoms. The van der Waals surface area contributed by atoms with Crippen molar-refractivity contribution in [1.29, 1.82) is 0 Å². The Bertz CT molecular complexity index is 777. The molecule has 0 aromatic heterocycles. The summed E-state index contributed by atoms with van der Waals surface area (Å²) in [5, 5.41) is 0. The highest BCUT2D eigenvalue weighted by Crippen LogP contribution is 2.10. The highest BCUT2D eigenvalue weighted by molar-refractivity contribution is 14.1. The number of ether oxygens (including phenoxy) is 13. The summed E-state index contributed by atoms with van der Waals surface area (Å²) >= 11 is 2.28. The normalized spacial score (nSPS) is 11.4. The summed E-state index contributed by atoms with van der Waals surface area (Å²) in [5.74, 6) is 0.704. The Labute approximate surface area is 299 Å². The van der Waals surface area contributed by atoms with E-state index in [1.807, 2.05) is 0 Å². The molecule has 0 bridgehead atoms. The van der Waals surface area contributed by atoms with E-state index in [1.54, 1.807) is 24.3 Å². The van der Waals surface area contributed by atoms with Gasteiger partial charge in [-0.15, -0.1) is 0 Å². The zero-order valence-corrected chi connectivity index (χ0v) is 30.5. The van der Waals surface area contributed by atoms with E-state index in [2.05, 4.69) is 22.6 Å². The highest BCUT2D eigenvalue weighted by atomic mass is 127. The zero-order chi connectivity index (χ0) is 34.3. The Balaban J connectivity index is 1.63. The molecule has 0 radical (unpaired) electrons. The second-order valence-electron chi connectivity index (χ2n) is 9.57. The first kappa shape index (κ1) is 45.0. The number of hydrogen-bond donors (Lipinski definition) is 0. The summed E-state index contributed by atoms with van der Waals surface area (Å²) in [6, 6.07) is 6.93. The van der Waals surface area contributed by atoms with Gasteiger partial charge in [-0.05, 0) is 24.3 Å². The van der Waals surface area contributed by atoms with Crippen molar-refractivity contribution in [3.05, 3.63) is 29.8 Å². The van der Waals surface area contributed by atoms with Crippen molar-refractivity contribution in [2.75, 3.05) is 170 Å². The zero-order valence-electron chi connectivity index (χ0n) is 28.4. The third-order valence-electron chi connectivity index (χ3n) is 5.83. The van der Waals surface area contributed by atoms with E-state index in [-0.39, 0.29) is 0 Å². The van der Waals surface area contributed by atoms with Crippen molar-refractivity contribution in [1.82, 2.24) is 0 Å². The van der Waals surface area contributed by atoms with Gasteiger partial charge in [0.15, 0.2) is 0 Å². The van der Waals surface area contributed by atoms with Crippen LogP contribution in [0.2, 0.25) is 0 Å². The largest absolute Gasteiger partial charge is 0.491 e. The van der Waals surface area contributed by atoms with E-state index >= 15 is 0 Å². The fraction of sp³-hybridized carbons (Fsp3) is 0.788. The maximum Gasteiger partial charge on any atom is 0.150 e. The summed E-state index contributed by atoms with van der Waals surface area (Å²) in [6.07, 6.45) is 0.798. The lowest BCUT2D eigenvalue weighted by atomic mass is 10.2. The molecule has 0 N–H and O–H groups in total. The number of carbonyl (C=O) groups is 1. The van der Waals surface area contributed by atoms with Crippen LogP contribution in [0.3, 0.4) is 0 Å². The van der Waals surface area contributed by atoms with Crippen LogP contribution in [-0.4, -0.2) is 176 Å². The molecule has 0 spiro atoms. The number of halogens is 1. The first-order valence-corrected chi connectivity index (χ1v) is 18.1. The molecule has 14 nitrogen and oxygen atoms in total. The molecule has 0 fully saturated rings. The van der Waals surface area contributed by atoms with Crippen LogP contribution in [0.4, 0.5) is 0 Å². The molecular formula is C33H57IO14. The fourth-order valence-electron chi connectivity index (χ4n) is 3.44. The van der Waals surface area contributed by atoms with E-state index in [9.17, 15) is 4.79 Å². The number of carbonyl (C=O) groups excluding carboxylic acids is 1. The summed E-state index contributed by atoms with van der Waals surface area (Å²) in [7, 11) is 0. The van der Waals surface area contributed by atoms with E-state index in [0.29, 0.717) is 170 Å². The predicted molar refractivity (Wildman–Crippen MR) is 186 cm³/mol. The lowest BCUT2D eigenvalue weighted by molar-refractivity contribution is -0.0284. The molecular weight excluding hydrogens is 747 g/mol. The topological polar surface area (TPSA) is 137 Å². The van der Waals surface area contributed by atoms with Crippen LogP contribution < -0.4 is 4.74 Å². The molecule has 1 aromatic rings. The van der Waals surface area contributed by atoms with Gasteiger partial charge in [0.1, 0.15) is 18.6 Å². The van der Waals surface area contributed by atoms with Crippen LogP contribution in [-0.2, 0) is 56.8 Å². The summed E-state index contributed by atoms with van der Waals surface area (Å²) in [6.45, 7) is 13.0. The van der Waals surface area contributed by atoms with Crippen molar-refractivity contribution in [3.8, 4) is 5.75 Å². The third-order valence-corrected chi connectivity index (χ3v) is 6.27. The second-order valence-corrected chi connectivity index (χ2v) is 10.7. The van der Waals surface area contributed by atoms with E-state index in [1.165, 1.54) is 0 Å². The van der Waals surface area contributed by atoms with Gasteiger partial charge in [0.25, 0.3) is 0 Å². The standard InChI is InChI=1S/C33H57IO14/c34-5-6-36-7-8-37-9-10-38-11-12-39-13-14-40-15-16-41-17-18-42-19-20-43-21-22-44-23-24-45-25-26-46-27-28-47-29-30-48-33-3-1-32(31-35)2-4-33/h1-4,31H,5-30H2. The van der Waals surface area contributed by atoms with Crippen LogP contribution in [0, 0.1) is 0 Å². The first-order chi connectivity index (χ1) is 23.9. The summed E-state index contributed by atoms with van der Waals surface area (Å²) in [5.41, 5.74) is 0.618. The Hall–Kier alpha value is -1.06. The number of benzene rings is 1. The molecule has 48 heavy (non-hydrogen) atoms. The Kier molecular flexibility index (Phi) is 36.3. The molecule has 0 saturated heterocycles. The average Bonchev–Trinajstić information content (AvgIpc) is 3.11. The SMILES string of the molecule is O=Cc1ccc(OCCOCCOCCOCCOCCOCCOCCOCCOCCOCCOCCOCCOCCI)cc1. The van der Waals surface area contributed by atoms with Crippen LogP contribution in [0.25, 0.3) is 0 Å². The van der Waals surface area contributed by atoms with E-state index in [4.69, 9.17) is 61.6 Å². The van der Waals surface area contributed by atoms with Crippen molar-refractivity contribution in [3.63, 3.8) is 0 Å². The highest BCUT2D eigenvalue weighted by Gasteiger charge is 1.98. The molecule has 1 aromatic carbocycles. The lowest BCUT2D eigenvalue weighted by Gasteiger charge is -2.09. The fourth-order valence-corrected chi connectivity index (χ4v) is 3.75. The van der Waals surface area contributed by atoms with Crippen LogP contribution in [0.15, 0.2) is 24.3 Å². The van der Waals surface area contributed by atoms with Crippen LogP contribution in [0.1, 0.15) is 10.4 Å². The van der Waals surface area contributed by atoms with Crippen molar-refractivity contribution >= 4 is 28.9 Å². The number of hydrogen-bond acceptors (Lipinski definition) is 14. The molecule has 0 atom stereocenters. The maximum absolute atomic E-state index is 10.6. The number of rotatable bonds is 40. The molecule has 0 saturated carbocycles. The second kappa shape index (κ2) is 38.7. The van der Waals surface area contributed by atoms with Gasteiger partial charge in [0, 0.05) is 9.99 Å². The minimum Gasteiger partial charge on any atom is -0.491 e. The van der Waals surface area contributed by atoms with E-state index in [0.717, 1.165) is 17.3 Å². The minimum atomic E-state index is 0.430. The monoisotopic (exact) mass is 804 g/mol. The van der Waals surface area contributed by atoms with Gasteiger partial charge in [-0.1, -0.05) is 22.6 Å². The Morgan fingerprint density at radius 1 is 0.354 bits per heavy atom. The predicted octanol–water partition coefficient (Wildman–Crippen LogP) is 2.51. The third kappa shape index (κ3) is 33.4. The molecule has 280 valence electrons. The molecule has 0 heterocycles. The van der Waals surface area contributed by atoms with Gasteiger partial charge in [-0.2, -0.15) is 0 Å². The smallest absolute Gasteiger partial charge is 0.150 e. The van der Waals surface area contributed by atoms with Gasteiger partial charge >= 0.3 is 0 Å². The Morgan fingerprint density at radius 3 is 0.812 bits per heavy atom. The van der Waals surface area contributed by atoms with Crippen molar-refractivity contribution in [2.24, 2.45) is 0 Å². The van der Waals surface area contributed by atoms with Gasteiger partial charge in [-0.3, -0.25) is 4.79 Å². The Morgan fingerprint density at radius 2 is 0.583 bits per heavy atom. The van der Waals surface area contributed by atoms with Crippen LogP contribution >= 0.6 is 22.6 Å². The minimum absolute atomic E-state index is 0.430. The number of aldehydes is 1. The molecule has 0 aliphatic rings. The number of alkyl halides is 1. The summed E-state index contributed by atoms with van der Waals surface area (Å²) in [4.78, 5) is 10.6. The van der Waals surface area contributed by atoms with Gasteiger partial charge < -0.3 is 61.6 Å².